The third-order valence-electron chi connectivity index (χ3n) is 4.68. The van der Waals surface area contributed by atoms with E-state index in [-0.39, 0.29) is 5.54 Å². The lowest BCUT2D eigenvalue weighted by Gasteiger charge is -2.33. The molecule has 2 aliphatic rings. The van der Waals surface area contributed by atoms with Crippen molar-refractivity contribution in [2.24, 2.45) is 0 Å². The lowest BCUT2D eigenvalue weighted by molar-refractivity contribution is 0.224. The van der Waals surface area contributed by atoms with Gasteiger partial charge in [0.2, 0.25) is 10.0 Å². The molecule has 0 unspecified atom stereocenters. The molecule has 2 aliphatic heterocycles. The second-order valence-corrected chi connectivity index (χ2v) is 8.30. The summed E-state index contributed by atoms with van der Waals surface area (Å²) >= 11 is 0. The van der Waals surface area contributed by atoms with E-state index in [4.69, 9.17) is 0 Å². The first-order chi connectivity index (χ1) is 9.89. The van der Waals surface area contributed by atoms with Gasteiger partial charge in [-0.15, -0.1) is 0 Å². The molecular weight excluding hydrogens is 286 g/mol. The van der Waals surface area contributed by atoms with Crippen LogP contribution in [-0.4, -0.2) is 54.0 Å². The molecule has 0 radical (unpaired) electrons. The smallest absolute Gasteiger partial charge is 0.211 e. The zero-order chi connectivity index (χ0) is 15.1. The van der Waals surface area contributed by atoms with E-state index in [1.165, 1.54) is 6.26 Å². The Morgan fingerprint density at radius 3 is 2.81 bits per heavy atom. The third-order valence-corrected chi connectivity index (χ3v) is 6.05. The molecule has 0 N–H and O–H groups in total. The second kappa shape index (κ2) is 5.34. The zero-order valence-electron chi connectivity index (χ0n) is 12.7. The molecule has 6 heteroatoms. The SMILES string of the molecule is Cc1cccc(CN2CC[C@@]3(CCCN3S(C)(=O)=O)C2)n1. The molecule has 2 saturated heterocycles. The standard InChI is InChI=1S/C15H23N3O2S/c1-13-5-3-6-14(16-13)11-17-10-8-15(12-17)7-4-9-18(15)21(2,19)20/h3,5-6H,4,7-12H2,1-2H3/t15-/m0/s1. The summed E-state index contributed by atoms with van der Waals surface area (Å²) in [6.45, 7) is 5.26. The fraction of sp³-hybridized carbons (Fsp3) is 0.667. The average Bonchev–Trinajstić information content (AvgIpc) is 2.97. The Kier molecular flexibility index (Phi) is 3.80. The van der Waals surface area contributed by atoms with E-state index in [9.17, 15) is 8.42 Å². The summed E-state index contributed by atoms with van der Waals surface area (Å²) in [4.78, 5) is 6.88. The van der Waals surface area contributed by atoms with Crippen molar-refractivity contribution < 1.29 is 8.42 Å². The highest BCUT2D eigenvalue weighted by molar-refractivity contribution is 7.88. The highest BCUT2D eigenvalue weighted by Gasteiger charge is 2.49. The van der Waals surface area contributed by atoms with E-state index in [2.05, 4.69) is 9.88 Å². The highest BCUT2D eigenvalue weighted by Crippen LogP contribution is 2.39. The molecule has 21 heavy (non-hydrogen) atoms. The molecule has 0 amide bonds. The van der Waals surface area contributed by atoms with Gasteiger partial charge in [0.25, 0.3) is 0 Å². The Labute approximate surface area is 127 Å². The van der Waals surface area contributed by atoms with E-state index >= 15 is 0 Å². The van der Waals surface area contributed by atoms with Crippen molar-refractivity contribution in [2.45, 2.75) is 38.3 Å². The minimum absolute atomic E-state index is 0.169. The van der Waals surface area contributed by atoms with Crippen LogP contribution < -0.4 is 0 Å². The van der Waals surface area contributed by atoms with Gasteiger partial charge in [-0.05, 0) is 38.3 Å². The van der Waals surface area contributed by atoms with Crippen molar-refractivity contribution in [2.75, 3.05) is 25.9 Å². The van der Waals surface area contributed by atoms with Crippen molar-refractivity contribution in [3.05, 3.63) is 29.6 Å². The molecule has 0 aliphatic carbocycles. The Morgan fingerprint density at radius 1 is 1.29 bits per heavy atom. The van der Waals surface area contributed by atoms with Gasteiger partial charge in [-0.2, -0.15) is 4.31 Å². The molecule has 116 valence electrons. The van der Waals surface area contributed by atoms with Crippen LogP contribution in [0.3, 0.4) is 0 Å². The van der Waals surface area contributed by atoms with Crippen molar-refractivity contribution >= 4 is 10.0 Å². The molecule has 3 rings (SSSR count). The lowest BCUT2D eigenvalue weighted by atomic mass is 9.97. The Bertz CT molecular complexity index is 632. The molecule has 0 saturated carbocycles. The van der Waals surface area contributed by atoms with Gasteiger partial charge in [0, 0.05) is 37.4 Å². The first-order valence-corrected chi connectivity index (χ1v) is 9.37. The number of hydrogen-bond donors (Lipinski definition) is 0. The molecular formula is C15H23N3O2S. The van der Waals surface area contributed by atoms with Crippen LogP contribution in [0.2, 0.25) is 0 Å². The first-order valence-electron chi connectivity index (χ1n) is 7.52. The number of rotatable bonds is 3. The second-order valence-electron chi connectivity index (χ2n) is 6.39. The van der Waals surface area contributed by atoms with Crippen LogP contribution in [-0.2, 0) is 16.6 Å². The summed E-state index contributed by atoms with van der Waals surface area (Å²) < 4.78 is 25.7. The molecule has 1 spiro atoms. The molecule has 1 aromatic rings. The third kappa shape index (κ3) is 2.98. The summed E-state index contributed by atoms with van der Waals surface area (Å²) in [7, 11) is -3.11. The average molecular weight is 309 g/mol. The van der Waals surface area contributed by atoms with Crippen molar-refractivity contribution in [3.8, 4) is 0 Å². The quantitative estimate of drug-likeness (QED) is 0.847. The van der Waals surface area contributed by atoms with Crippen LogP contribution in [0.1, 0.15) is 30.7 Å². The zero-order valence-corrected chi connectivity index (χ0v) is 13.6. The van der Waals surface area contributed by atoms with Gasteiger partial charge in [-0.3, -0.25) is 9.88 Å². The van der Waals surface area contributed by atoms with Crippen LogP contribution in [0, 0.1) is 6.92 Å². The van der Waals surface area contributed by atoms with Crippen molar-refractivity contribution in [1.82, 2.24) is 14.2 Å². The van der Waals surface area contributed by atoms with Gasteiger partial charge in [0.05, 0.1) is 11.9 Å². The molecule has 1 atom stereocenters. The van der Waals surface area contributed by atoms with Gasteiger partial charge in [-0.1, -0.05) is 6.07 Å². The molecule has 2 fully saturated rings. The lowest BCUT2D eigenvalue weighted by Crippen LogP contribution is -2.48. The number of sulfonamides is 1. The number of aromatic nitrogens is 1. The van der Waals surface area contributed by atoms with E-state index in [0.29, 0.717) is 6.54 Å². The van der Waals surface area contributed by atoms with Crippen molar-refractivity contribution in [3.63, 3.8) is 0 Å². The predicted molar refractivity (Wildman–Crippen MR) is 82.4 cm³/mol. The molecule has 3 heterocycles. The molecule has 0 bridgehead atoms. The van der Waals surface area contributed by atoms with Gasteiger partial charge in [0.15, 0.2) is 0 Å². The number of nitrogens with zero attached hydrogens (tertiary/aromatic N) is 3. The van der Waals surface area contributed by atoms with Crippen LogP contribution in [0.4, 0.5) is 0 Å². The predicted octanol–water partition coefficient (Wildman–Crippen LogP) is 1.39. The van der Waals surface area contributed by atoms with E-state index in [1.54, 1.807) is 4.31 Å². The number of aryl methyl sites for hydroxylation is 1. The fourth-order valence-electron chi connectivity index (χ4n) is 3.83. The number of likely N-dealkylation sites (tertiary alicyclic amines) is 1. The monoisotopic (exact) mass is 309 g/mol. The summed E-state index contributed by atoms with van der Waals surface area (Å²) in [6, 6.07) is 6.07. The van der Waals surface area contributed by atoms with E-state index in [0.717, 1.165) is 50.3 Å². The maximum absolute atomic E-state index is 12.0. The highest BCUT2D eigenvalue weighted by atomic mass is 32.2. The van der Waals surface area contributed by atoms with Gasteiger partial charge in [-0.25, -0.2) is 8.42 Å². The fourth-order valence-corrected chi connectivity index (χ4v) is 5.24. The maximum atomic E-state index is 12.0. The summed E-state index contributed by atoms with van der Waals surface area (Å²) in [6.07, 6.45) is 4.23. The van der Waals surface area contributed by atoms with Crippen LogP contribution >= 0.6 is 0 Å². The van der Waals surface area contributed by atoms with Gasteiger partial charge >= 0.3 is 0 Å². The van der Waals surface area contributed by atoms with E-state index in [1.807, 2.05) is 25.1 Å². The maximum Gasteiger partial charge on any atom is 0.211 e. The number of pyridine rings is 1. The van der Waals surface area contributed by atoms with E-state index < -0.39 is 10.0 Å². The Balaban J connectivity index is 1.73. The van der Waals surface area contributed by atoms with Crippen LogP contribution in [0.15, 0.2) is 18.2 Å². The normalized spacial score (nSPS) is 27.7. The minimum Gasteiger partial charge on any atom is -0.296 e. The Morgan fingerprint density at radius 2 is 2.10 bits per heavy atom. The van der Waals surface area contributed by atoms with Gasteiger partial charge in [0.1, 0.15) is 0 Å². The summed E-state index contributed by atoms with van der Waals surface area (Å²) in [5, 5.41) is 0. The molecule has 0 aromatic carbocycles. The van der Waals surface area contributed by atoms with Crippen LogP contribution in [0.5, 0.6) is 0 Å². The summed E-state index contributed by atoms with van der Waals surface area (Å²) in [5.41, 5.74) is 1.92. The molecule has 1 aromatic heterocycles. The van der Waals surface area contributed by atoms with Gasteiger partial charge < -0.3 is 0 Å². The van der Waals surface area contributed by atoms with Crippen molar-refractivity contribution in [1.29, 1.82) is 0 Å². The first kappa shape index (κ1) is 14.9. The number of hydrogen-bond acceptors (Lipinski definition) is 4. The largest absolute Gasteiger partial charge is 0.296 e. The Hall–Kier alpha value is -0.980. The van der Waals surface area contributed by atoms with Crippen LogP contribution in [0.25, 0.3) is 0 Å². The molecule has 5 nitrogen and oxygen atoms in total. The minimum atomic E-state index is -3.11. The topological polar surface area (TPSA) is 53.5 Å². The summed E-state index contributed by atoms with van der Waals surface area (Å²) in [5.74, 6) is 0.